The zero-order chi connectivity index (χ0) is 18.7. The maximum absolute atomic E-state index is 13.0. The van der Waals surface area contributed by atoms with Gasteiger partial charge in [-0.25, -0.2) is 12.8 Å². The fraction of sp³-hybridized carbons (Fsp3) is 0.333. The summed E-state index contributed by atoms with van der Waals surface area (Å²) in [5.41, 5.74) is 0.997. The van der Waals surface area contributed by atoms with Crippen LogP contribution in [-0.4, -0.2) is 43.8 Å². The third kappa shape index (κ3) is 4.38. The van der Waals surface area contributed by atoms with E-state index in [9.17, 15) is 12.8 Å². The van der Waals surface area contributed by atoms with E-state index in [1.165, 1.54) is 28.6 Å². The van der Waals surface area contributed by atoms with Crippen LogP contribution in [0.5, 0.6) is 0 Å². The highest BCUT2D eigenvalue weighted by molar-refractivity contribution is 7.89. The SMILES string of the molecule is O=S(=O)(c1c(Cl)cccc1Cl)N1CCCN(Cc2ccc(F)cc2)CC1. The molecule has 0 amide bonds. The first-order chi connectivity index (χ1) is 12.4. The maximum Gasteiger partial charge on any atom is 0.246 e. The van der Waals surface area contributed by atoms with Gasteiger partial charge in [0.1, 0.15) is 10.7 Å². The zero-order valence-corrected chi connectivity index (χ0v) is 16.4. The normalized spacial score (nSPS) is 17.2. The monoisotopic (exact) mass is 416 g/mol. The van der Waals surface area contributed by atoms with Gasteiger partial charge >= 0.3 is 0 Å². The quantitative estimate of drug-likeness (QED) is 0.755. The Labute approximate surface area is 163 Å². The molecule has 0 aromatic heterocycles. The lowest BCUT2D eigenvalue weighted by molar-refractivity contribution is 0.278. The molecule has 140 valence electrons. The van der Waals surface area contributed by atoms with E-state index < -0.39 is 10.0 Å². The first-order valence-electron chi connectivity index (χ1n) is 8.29. The van der Waals surface area contributed by atoms with Crippen molar-refractivity contribution < 1.29 is 12.8 Å². The summed E-state index contributed by atoms with van der Waals surface area (Å²) in [6, 6.07) is 11.0. The van der Waals surface area contributed by atoms with Crippen molar-refractivity contribution in [2.45, 2.75) is 17.9 Å². The lowest BCUT2D eigenvalue weighted by Gasteiger charge is -2.22. The average Bonchev–Trinajstić information content (AvgIpc) is 2.83. The molecule has 2 aromatic rings. The van der Waals surface area contributed by atoms with Crippen LogP contribution in [0, 0.1) is 5.82 Å². The summed E-state index contributed by atoms with van der Waals surface area (Å²) in [5, 5.41) is 0.259. The molecule has 2 aromatic carbocycles. The molecule has 0 unspecified atom stereocenters. The van der Waals surface area contributed by atoms with Gasteiger partial charge in [0.15, 0.2) is 0 Å². The molecule has 0 saturated carbocycles. The minimum Gasteiger partial charge on any atom is -0.298 e. The smallest absolute Gasteiger partial charge is 0.246 e. The Morgan fingerprint density at radius 1 is 0.923 bits per heavy atom. The molecule has 0 N–H and O–H groups in total. The second-order valence-corrected chi connectivity index (χ2v) is 8.90. The van der Waals surface area contributed by atoms with Gasteiger partial charge in [0.2, 0.25) is 10.0 Å². The van der Waals surface area contributed by atoms with Crippen LogP contribution < -0.4 is 0 Å². The van der Waals surface area contributed by atoms with Gasteiger partial charge in [-0.2, -0.15) is 4.31 Å². The van der Waals surface area contributed by atoms with Crippen molar-refractivity contribution >= 4 is 33.2 Å². The lowest BCUT2D eigenvalue weighted by atomic mass is 10.2. The van der Waals surface area contributed by atoms with Gasteiger partial charge in [-0.05, 0) is 42.8 Å². The zero-order valence-electron chi connectivity index (χ0n) is 14.0. The summed E-state index contributed by atoms with van der Waals surface area (Å²) in [6.07, 6.45) is 0.697. The van der Waals surface area contributed by atoms with Crippen LogP contribution in [0.15, 0.2) is 47.4 Å². The Morgan fingerprint density at radius 3 is 2.23 bits per heavy atom. The molecule has 0 aliphatic carbocycles. The van der Waals surface area contributed by atoms with E-state index in [1.54, 1.807) is 18.2 Å². The Hall–Kier alpha value is -1.18. The van der Waals surface area contributed by atoms with E-state index in [0.29, 0.717) is 32.6 Å². The van der Waals surface area contributed by atoms with Crippen LogP contribution in [0.4, 0.5) is 4.39 Å². The van der Waals surface area contributed by atoms with Crippen LogP contribution in [0.2, 0.25) is 10.0 Å². The van der Waals surface area contributed by atoms with Gasteiger partial charge in [0.25, 0.3) is 0 Å². The minimum absolute atomic E-state index is 0.0321. The Bertz CT molecular complexity index is 855. The van der Waals surface area contributed by atoms with Crippen molar-refractivity contribution in [3.63, 3.8) is 0 Å². The second-order valence-electron chi connectivity index (χ2n) is 6.21. The minimum atomic E-state index is -3.76. The van der Waals surface area contributed by atoms with Gasteiger partial charge < -0.3 is 0 Å². The molecule has 1 heterocycles. The maximum atomic E-state index is 13.0. The van der Waals surface area contributed by atoms with Crippen molar-refractivity contribution in [1.29, 1.82) is 0 Å². The standard InChI is InChI=1S/C18H19Cl2FN2O2S/c19-16-3-1-4-17(20)18(16)26(24,25)23-10-2-9-22(11-12-23)13-14-5-7-15(21)8-6-14/h1,3-8H,2,9-13H2. The fourth-order valence-corrected chi connectivity index (χ4v) is 5.61. The van der Waals surface area contributed by atoms with E-state index in [1.807, 2.05) is 0 Å². The van der Waals surface area contributed by atoms with Gasteiger partial charge in [-0.1, -0.05) is 41.4 Å². The van der Waals surface area contributed by atoms with Gasteiger partial charge in [0, 0.05) is 26.2 Å². The molecular weight excluding hydrogens is 398 g/mol. The largest absolute Gasteiger partial charge is 0.298 e. The number of sulfonamides is 1. The first kappa shape index (κ1) is 19.6. The average molecular weight is 417 g/mol. The number of hydrogen-bond acceptors (Lipinski definition) is 3. The first-order valence-corrected chi connectivity index (χ1v) is 10.5. The van der Waals surface area contributed by atoms with Crippen molar-refractivity contribution in [1.82, 2.24) is 9.21 Å². The van der Waals surface area contributed by atoms with Crippen molar-refractivity contribution in [2.24, 2.45) is 0 Å². The van der Waals surface area contributed by atoms with E-state index in [0.717, 1.165) is 12.1 Å². The van der Waals surface area contributed by atoms with E-state index in [2.05, 4.69) is 4.90 Å². The van der Waals surface area contributed by atoms with Crippen LogP contribution in [-0.2, 0) is 16.6 Å². The van der Waals surface area contributed by atoms with Crippen LogP contribution in [0.3, 0.4) is 0 Å². The Balaban J connectivity index is 1.72. The summed E-state index contributed by atoms with van der Waals surface area (Å²) < 4.78 is 40.4. The molecule has 1 fully saturated rings. The fourth-order valence-electron chi connectivity index (χ4n) is 3.05. The molecular formula is C18H19Cl2FN2O2S. The van der Waals surface area contributed by atoms with E-state index in [-0.39, 0.29) is 20.8 Å². The van der Waals surface area contributed by atoms with Gasteiger partial charge in [0.05, 0.1) is 10.0 Å². The molecule has 1 aliphatic heterocycles. The van der Waals surface area contributed by atoms with Crippen molar-refractivity contribution in [2.75, 3.05) is 26.2 Å². The molecule has 1 saturated heterocycles. The molecule has 0 spiro atoms. The number of halogens is 3. The lowest BCUT2D eigenvalue weighted by Crippen LogP contribution is -2.35. The molecule has 26 heavy (non-hydrogen) atoms. The molecule has 0 atom stereocenters. The van der Waals surface area contributed by atoms with Crippen molar-refractivity contribution in [3.8, 4) is 0 Å². The van der Waals surface area contributed by atoms with Crippen LogP contribution in [0.1, 0.15) is 12.0 Å². The topological polar surface area (TPSA) is 40.6 Å². The number of nitrogens with zero attached hydrogens (tertiary/aromatic N) is 2. The molecule has 1 aliphatic rings. The van der Waals surface area contributed by atoms with Gasteiger partial charge in [-0.15, -0.1) is 0 Å². The number of rotatable bonds is 4. The summed E-state index contributed by atoms with van der Waals surface area (Å²) in [5.74, 6) is -0.265. The third-order valence-electron chi connectivity index (χ3n) is 4.38. The highest BCUT2D eigenvalue weighted by Gasteiger charge is 2.30. The van der Waals surface area contributed by atoms with Crippen LogP contribution in [0.25, 0.3) is 0 Å². The molecule has 4 nitrogen and oxygen atoms in total. The third-order valence-corrected chi connectivity index (χ3v) is 7.24. The number of hydrogen-bond donors (Lipinski definition) is 0. The van der Waals surface area contributed by atoms with E-state index in [4.69, 9.17) is 23.2 Å². The summed E-state index contributed by atoms with van der Waals surface area (Å²) in [7, 11) is -3.76. The Morgan fingerprint density at radius 2 is 1.58 bits per heavy atom. The molecule has 8 heteroatoms. The molecule has 3 rings (SSSR count). The van der Waals surface area contributed by atoms with Crippen LogP contribution >= 0.6 is 23.2 Å². The second kappa shape index (κ2) is 8.23. The predicted octanol–water partition coefficient (Wildman–Crippen LogP) is 4.03. The van der Waals surface area contributed by atoms with Crippen molar-refractivity contribution in [3.05, 3.63) is 63.9 Å². The molecule has 0 radical (unpaired) electrons. The predicted molar refractivity (Wildman–Crippen MR) is 102 cm³/mol. The molecule has 0 bridgehead atoms. The highest BCUT2D eigenvalue weighted by atomic mass is 35.5. The summed E-state index contributed by atoms with van der Waals surface area (Å²) in [4.78, 5) is 2.13. The summed E-state index contributed by atoms with van der Waals surface area (Å²) >= 11 is 12.2. The van der Waals surface area contributed by atoms with Gasteiger partial charge in [-0.3, -0.25) is 4.90 Å². The highest BCUT2D eigenvalue weighted by Crippen LogP contribution is 2.31. The Kier molecular flexibility index (Phi) is 6.20. The summed E-state index contributed by atoms with van der Waals surface area (Å²) in [6.45, 7) is 2.76. The number of benzene rings is 2. The van der Waals surface area contributed by atoms with E-state index >= 15 is 0 Å².